The van der Waals surface area contributed by atoms with Gasteiger partial charge in [0.15, 0.2) is 11.5 Å². The van der Waals surface area contributed by atoms with E-state index in [9.17, 15) is 18.0 Å². The molecule has 0 unspecified atom stereocenters. The van der Waals surface area contributed by atoms with E-state index in [0.717, 1.165) is 15.4 Å². The molecule has 0 fully saturated rings. The number of aryl methyl sites for hydroxylation is 1. The third kappa shape index (κ3) is 8.86. The van der Waals surface area contributed by atoms with Crippen LogP contribution in [0.25, 0.3) is 0 Å². The molecule has 0 aromatic heterocycles. The zero-order valence-corrected chi connectivity index (χ0v) is 29.0. The van der Waals surface area contributed by atoms with Gasteiger partial charge in [0.25, 0.3) is 10.0 Å². The van der Waals surface area contributed by atoms with Gasteiger partial charge < -0.3 is 24.4 Å². The van der Waals surface area contributed by atoms with Crippen molar-refractivity contribution in [3.05, 3.63) is 114 Å². The Morgan fingerprint density at radius 2 is 1.44 bits per heavy atom. The molecule has 254 valence electrons. The maximum atomic E-state index is 14.7. The van der Waals surface area contributed by atoms with Gasteiger partial charge in [-0.05, 0) is 68.3 Å². The van der Waals surface area contributed by atoms with Crippen LogP contribution in [0.1, 0.15) is 30.5 Å². The van der Waals surface area contributed by atoms with Crippen molar-refractivity contribution in [3.8, 4) is 17.2 Å². The number of carbonyl (C=O) groups excluding carboxylic acids is 2. The van der Waals surface area contributed by atoms with Crippen molar-refractivity contribution in [1.82, 2.24) is 10.2 Å². The molecular weight excluding hydrogens is 630 g/mol. The summed E-state index contributed by atoms with van der Waals surface area (Å²) in [6.45, 7) is 4.97. The fraction of sp³-hybridized carbons (Fsp3) is 0.297. The molecule has 4 rings (SSSR count). The summed E-state index contributed by atoms with van der Waals surface area (Å²) in [6.07, 6.45) is 0.205. The molecule has 0 heterocycles. The summed E-state index contributed by atoms with van der Waals surface area (Å²) in [5.41, 5.74) is 2.62. The third-order valence-corrected chi connectivity index (χ3v) is 9.52. The van der Waals surface area contributed by atoms with E-state index in [1.807, 2.05) is 57.2 Å². The number of ether oxygens (including phenoxy) is 3. The summed E-state index contributed by atoms with van der Waals surface area (Å²) in [5, 5.41) is 2.96. The fourth-order valence-electron chi connectivity index (χ4n) is 5.25. The van der Waals surface area contributed by atoms with Crippen LogP contribution in [0.3, 0.4) is 0 Å². The van der Waals surface area contributed by atoms with Crippen molar-refractivity contribution >= 4 is 27.5 Å². The van der Waals surface area contributed by atoms with Crippen LogP contribution in [0, 0.1) is 6.92 Å². The average Bonchev–Trinajstić information content (AvgIpc) is 3.08. The summed E-state index contributed by atoms with van der Waals surface area (Å²) in [4.78, 5) is 30.0. The number of sulfonamides is 1. The van der Waals surface area contributed by atoms with Crippen molar-refractivity contribution in [2.45, 2.75) is 50.7 Å². The minimum absolute atomic E-state index is 0.00779. The molecule has 0 spiro atoms. The van der Waals surface area contributed by atoms with Gasteiger partial charge in [-0.3, -0.25) is 13.9 Å². The minimum Gasteiger partial charge on any atom is -0.497 e. The highest BCUT2D eigenvalue weighted by Crippen LogP contribution is 2.34. The average molecular weight is 674 g/mol. The zero-order valence-electron chi connectivity index (χ0n) is 28.2. The molecular formula is C37H43N3O7S. The number of anilines is 1. The molecule has 0 bridgehead atoms. The maximum absolute atomic E-state index is 14.7. The van der Waals surface area contributed by atoms with Gasteiger partial charge in [0.05, 0.1) is 31.9 Å². The monoisotopic (exact) mass is 673 g/mol. The molecule has 0 aliphatic carbocycles. The van der Waals surface area contributed by atoms with Crippen LogP contribution in [-0.4, -0.2) is 65.1 Å². The van der Waals surface area contributed by atoms with Crippen LogP contribution in [0.15, 0.2) is 102 Å². The van der Waals surface area contributed by atoms with Gasteiger partial charge >= 0.3 is 0 Å². The fourth-order valence-corrected chi connectivity index (χ4v) is 6.65. The Hall–Kier alpha value is -5.03. The number of nitrogens with one attached hydrogen (secondary N) is 1. The van der Waals surface area contributed by atoms with Crippen molar-refractivity contribution < 1.29 is 32.2 Å². The van der Waals surface area contributed by atoms with Gasteiger partial charge in [0.1, 0.15) is 18.3 Å². The lowest BCUT2D eigenvalue weighted by atomic mass is 10.0. The van der Waals surface area contributed by atoms with E-state index in [1.165, 1.54) is 37.3 Å². The molecule has 48 heavy (non-hydrogen) atoms. The summed E-state index contributed by atoms with van der Waals surface area (Å²) in [6, 6.07) is 26.5. The minimum atomic E-state index is -4.28. The first-order valence-corrected chi connectivity index (χ1v) is 17.0. The Bertz CT molecular complexity index is 1800. The number of rotatable bonds is 15. The highest BCUT2D eigenvalue weighted by atomic mass is 32.2. The predicted molar refractivity (Wildman–Crippen MR) is 186 cm³/mol. The Labute approximate surface area is 283 Å². The first kappa shape index (κ1) is 35.8. The predicted octanol–water partition coefficient (Wildman–Crippen LogP) is 5.38. The largest absolute Gasteiger partial charge is 0.497 e. The molecule has 2 amide bonds. The molecule has 0 aliphatic rings. The Morgan fingerprint density at radius 3 is 2.06 bits per heavy atom. The number of hydrogen-bond donors (Lipinski definition) is 1. The van der Waals surface area contributed by atoms with Crippen LogP contribution in [0.4, 0.5) is 5.69 Å². The topological polar surface area (TPSA) is 114 Å². The molecule has 1 N–H and O–H groups in total. The van der Waals surface area contributed by atoms with Crippen molar-refractivity contribution in [1.29, 1.82) is 0 Å². The van der Waals surface area contributed by atoms with E-state index < -0.39 is 28.5 Å². The Balaban J connectivity index is 1.85. The molecule has 0 aliphatic heterocycles. The number of carbonyl (C=O) groups is 2. The number of methoxy groups -OCH3 is 3. The number of hydrogen-bond acceptors (Lipinski definition) is 7. The van der Waals surface area contributed by atoms with E-state index in [1.54, 1.807) is 49.6 Å². The maximum Gasteiger partial charge on any atom is 0.264 e. The molecule has 0 saturated carbocycles. The Morgan fingerprint density at radius 1 is 0.771 bits per heavy atom. The second-order valence-corrected chi connectivity index (χ2v) is 13.5. The van der Waals surface area contributed by atoms with Gasteiger partial charge in [-0.15, -0.1) is 0 Å². The molecule has 4 aromatic carbocycles. The van der Waals surface area contributed by atoms with E-state index in [-0.39, 0.29) is 41.2 Å². The molecule has 1 atom stereocenters. The Kier molecular flexibility index (Phi) is 12.1. The number of nitrogens with zero attached hydrogens (tertiary/aromatic N) is 2. The van der Waals surface area contributed by atoms with E-state index in [0.29, 0.717) is 17.1 Å². The lowest BCUT2D eigenvalue weighted by molar-refractivity contribution is -0.140. The third-order valence-electron chi connectivity index (χ3n) is 7.73. The van der Waals surface area contributed by atoms with Gasteiger partial charge in [-0.1, -0.05) is 60.2 Å². The quantitative estimate of drug-likeness (QED) is 0.180. The van der Waals surface area contributed by atoms with E-state index in [2.05, 4.69) is 5.32 Å². The number of benzene rings is 4. The first-order valence-electron chi connectivity index (χ1n) is 15.5. The van der Waals surface area contributed by atoms with Gasteiger partial charge in [-0.2, -0.15) is 0 Å². The summed E-state index contributed by atoms with van der Waals surface area (Å²) >= 11 is 0. The normalized spacial score (nSPS) is 11.8. The second-order valence-electron chi connectivity index (χ2n) is 11.6. The van der Waals surface area contributed by atoms with Crippen LogP contribution in [0.2, 0.25) is 0 Å². The molecule has 11 heteroatoms. The van der Waals surface area contributed by atoms with Crippen molar-refractivity contribution in [2.75, 3.05) is 32.2 Å². The molecule has 0 radical (unpaired) electrons. The van der Waals surface area contributed by atoms with Gasteiger partial charge in [0.2, 0.25) is 11.8 Å². The lowest BCUT2D eigenvalue weighted by Gasteiger charge is -2.34. The van der Waals surface area contributed by atoms with E-state index in [4.69, 9.17) is 14.2 Å². The highest BCUT2D eigenvalue weighted by Gasteiger charge is 2.35. The van der Waals surface area contributed by atoms with Crippen molar-refractivity contribution in [3.63, 3.8) is 0 Å². The SMILES string of the molecule is COc1cccc(CN(C(=O)CN(c2ccc(OC)c(OC)c2)S(=O)(=O)c2ccc(C)cc2)[C@H](Cc2ccccc2)C(=O)NC(C)C)c1. The first-order chi connectivity index (χ1) is 23.0. The molecule has 0 saturated heterocycles. The summed E-state index contributed by atoms with van der Waals surface area (Å²) < 4.78 is 46.0. The molecule has 4 aromatic rings. The van der Waals surface area contributed by atoms with Crippen LogP contribution >= 0.6 is 0 Å². The van der Waals surface area contributed by atoms with Gasteiger partial charge in [0, 0.05) is 25.1 Å². The van der Waals surface area contributed by atoms with Crippen LogP contribution in [0.5, 0.6) is 17.2 Å². The van der Waals surface area contributed by atoms with Gasteiger partial charge in [-0.25, -0.2) is 8.42 Å². The highest BCUT2D eigenvalue weighted by molar-refractivity contribution is 7.92. The van der Waals surface area contributed by atoms with Crippen LogP contribution in [-0.2, 0) is 32.6 Å². The van der Waals surface area contributed by atoms with Crippen molar-refractivity contribution in [2.24, 2.45) is 0 Å². The zero-order chi connectivity index (χ0) is 34.8. The second kappa shape index (κ2) is 16.2. The van der Waals surface area contributed by atoms with Crippen LogP contribution < -0.4 is 23.8 Å². The van der Waals surface area contributed by atoms with E-state index >= 15 is 0 Å². The standard InChI is InChI=1S/C37H43N3O7S/c1-26(2)38-37(42)33(22-28-11-8-7-9-12-28)39(24-29-13-10-14-31(21-29)45-4)36(41)25-40(30-17-20-34(46-5)35(23-30)47-6)48(43,44)32-18-15-27(3)16-19-32/h7-21,23,26,33H,22,24-25H2,1-6H3,(H,38,42)/t33-/m1/s1. The molecule has 10 nitrogen and oxygen atoms in total. The smallest absolute Gasteiger partial charge is 0.264 e. The lowest BCUT2D eigenvalue weighted by Crippen LogP contribution is -2.54. The summed E-state index contributed by atoms with van der Waals surface area (Å²) in [5.74, 6) is 0.332. The number of amides is 2. The summed E-state index contributed by atoms with van der Waals surface area (Å²) in [7, 11) is 0.193.